The predicted molar refractivity (Wildman–Crippen MR) is 111 cm³/mol. The first-order valence-corrected chi connectivity index (χ1v) is 11.2. The van der Waals surface area contributed by atoms with Crippen LogP contribution >= 0.6 is 0 Å². The summed E-state index contributed by atoms with van der Waals surface area (Å²) >= 11 is 0. The molecule has 0 saturated heterocycles. The van der Waals surface area contributed by atoms with Gasteiger partial charge in [0.25, 0.3) is 0 Å². The minimum atomic E-state index is -4.65. The van der Waals surface area contributed by atoms with Gasteiger partial charge in [-0.15, -0.1) is 0 Å². The van der Waals surface area contributed by atoms with Crippen LogP contribution in [0, 0.1) is 0 Å². The van der Waals surface area contributed by atoms with Crippen molar-refractivity contribution in [2.75, 3.05) is 20.8 Å². The first-order chi connectivity index (χ1) is 15.2. The summed E-state index contributed by atoms with van der Waals surface area (Å²) in [7, 11) is -1.28. The average Bonchev–Trinajstić information content (AvgIpc) is 3.26. The number of aromatic nitrogens is 1. The Labute approximate surface area is 183 Å². The third-order valence-electron chi connectivity index (χ3n) is 5.49. The van der Waals surface area contributed by atoms with E-state index >= 15 is 0 Å². The van der Waals surface area contributed by atoms with E-state index in [4.69, 9.17) is 9.47 Å². The molecular weight excluding hydrogens is 445 g/mol. The van der Waals surface area contributed by atoms with Crippen LogP contribution in [-0.2, 0) is 22.7 Å². The van der Waals surface area contributed by atoms with Crippen molar-refractivity contribution in [2.24, 2.45) is 0 Å². The lowest BCUT2D eigenvalue weighted by atomic mass is 10.0. The summed E-state index contributed by atoms with van der Waals surface area (Å²) < 4.78 is 80.6. The number of halogens is 3. The number of fused-ring (bicyclic) bond motifs is 1. The molecular formula is C22H21F3N2O4S. The number of rotatable bonds is 5. The molecule has 1 aliphatic heterocycles. The van der Waals surface area contributed by atoms with Gasteiger partial charge < -0.3 is 14.0 Å². The first kappa shape index (κ1) is 22.2. The van der Waals surface area contributed by atoms with Gasteiger partial charge in [0.1, 0.15) is 0 Å². The molecule has 6 nitrogen and oxygen atoms in total. The number of hydrogen-bond acceptors (Lipinski definition) is 4. The van der Waals surface area contributed by atoms with E-state index < -0.39 is 32.7 Å². The Bertz CT molecular complexity index is 1240. The molecule has 0 radical (unpaired) electrons. The van der Waals surface area contributed by atoms with Crippen LogP contribution in [0.5, 0.6) is 11.5 Å². The summed E-state index contributed by atoms with van der Waals surface area (Å²) in [6.45, 7) is 0.476. The maximum Gasteiger partial charge on any atom is 0.416 e. The van der Waals surface area contributed by atoms with Crippen molar-refractivity contribution >= 4 is 10.0 Å². The lowest BCUT2D eigenvalue weighted by Crippen LogP contribution is -2.42. The minimum absolute atomic E-state index is 0.0965. The molecule has 2 aromatic carbocycles. The number of ether oxygens (including phenoxy) is 2. The molecule has 0 aliphatic carbocycles. The Morgan fingerprint density at radius 3 is 2.38 bits per heavy atom. The molecule has 0 N–H and O–H groups in total. The lowest BCUT2D eigenvalue weighted by molar-refractivity contribution is -0.137. The second-order valence-corrected chi connectivity index (χ2v) is 9.18. The van der Waals surface area contributed by atoms with E-state index in [1.165, 1.54) is 24.6 Å². The molecule has 10 heteroatoms. The zero-order valence-corrected chi connectivity index (χ0v) is 18.2. The fourth-order valence-electron chi connectivity index (χ4n) is 3.95. The highest BCUT2D eigenvalue weighted by Crippen LogP contribution is 2.40. The number of benzene rings is 2. The fourth-order valence-corrected chi connectivity index (χ4v) is 5.58. The molecule has 170 valence electrons. The van der Waals surface area contributed by atoms with Gasteiger partial charge in [-0.3, -0.25) is 0 Å². The summed E-state index contributed by atoms with van der Waals surface area (Å²) in [6.07, 6.45) is -2.80. The molecule has 0 bridgehead atoms. The molecule has 32 heavy (non-hydrogen) atoms. The van der Waals surface area contributed by atoms with Gasteiger partial charge in [0.2, 0.25) is 10.0 Å². The summed E-state index contributed by atoms with van der Waals surface area (Å²) in [4.78, 5) is -0.405. The fraction of sp³-hybridized carbons (Fsp3) is 0.273. The van der Waals surface area contributed by atoms with E-state index in [1.807, 2.05) is 16.8 Å². The summed E-state index contributed by atoms with van der Waals surface area (Å²) in [5, 5.41) is 0. The van der Waals surface area contributed by atoms with Gasteiger partial charge in [-0.2, -0.15) is 17.5 Å². The summed E-state index contributed by atoms with van der Waals surface area (Å²) in [5.41, 5.74) is 0.304. The van der Waals surface area contributed by atoms with Crippen molar-refractivity contribution < 1.29 is 31.1 Å². The smallest absolute Gasteiger partial charge is 0.416 e. The highest BCUT2D eigenvalue weighted by Gasteiger charge is 2.39. The number of alkyl halides is 3. The van der Waals surface area contributed by atoms with Crippen LogP contribution in [0.2, 0.25) is 0 Å². The van der Waals surface area contributed by atoms with Crippen molar-refractivity contribution in [1.82, 2.24) is 8.87 Å². The number of methoxy groups -OCH3 is 2. The topological polar surface area (TPSA) is 60.8 Å². The molecule has 1 atom stereocenters. The predicted octanol–water partition coefficient (Wildman–Crippen LogP) is 4.32. The third-order valence-corrected chi connectivity index (χ3v) is 7.35. The zero-order chi connectivity index (χ0) is 23.1. The van der Waals surface area contributed by atoms with Crippen LogP contribution in [0.15, 0.2) is 65.7 Å². The van der Waals surface area contributed by atoms with Gasteiger partial charge in [-0.25, -0.2) is 8.42 Å². The Balaban J connectivity index is 1.84. The van der Waals surface area contributed by atoms with Crippen molar-refractivity contribution in [1.29, 1.82) is 0 Å². The van der Waals surface area contributed by atoms with E-state index in [0.717, 1.165) is 12.1 Å². The second kappa shape index (κ2) is 8.18. The van der Waals surface area contributed by atoms with Crippen LogP contribution in [-0.4, -0.2) is 38.1 Å². The first-order valence-electron chi connectivity index (χ1n) is 9.73. The van der Waals surface area contributed by atoms with Gasteiger partial charge in [-0.1, -0.05) is 12.1 Å². The zero-order valence-electron chi connectivity index (χ0n) is 17.3. The van der Waals surface area contributed by atoms with Gasteiger partial charge in [0.05, 0.1) is 30.7 Å². The average molecular weight is 466 g/mol. The molecule has 0 unspecified atom stereocenters. The van der Waals surface area contributed by atoms with Crippen molar-refractivity contribution in [2.45, 2.75) is 23.7 Å². The number of hydrogen-bond donors (Lipinski definition) is 0. The minimum Gasteiger partial charge on any atom is -0.493 e. The summed E-state index contributed by atoms with van der Waals surface area (Å²) in [6, 6.07) is 11.8. The number of sulfonamides is 1. The standard InChI is InChI=1S/C22H21F3N2O4S/c1-30-19-9-8-15(13-20(19)31-2)21-18-7-4-10-26(18)11-12-27(21)32(28,29)17-6-3-5-16(14-17)22(23,24)25/h3-10,13-14,21H,11-12H2,1-2H3/t21-/m0/s1. The Hall–Kier alpha value is -2.98. The molecule has 0 fully saturated rings. The molecule has 1 aliphatic rings. The SMILES string of the molecule is COc1ccc([C@H]2c3cccn3CCN2S(=O)(=O)c2cccc(C(F)(F)F)c2)cc1OC. The van der Waals surface area contributed by atoms with Crippen LogP contribution < -0.4 is 9.47 Å². The lowest BCUT2D eigenvalue weighted by Gasteiger charge is -2.36. The second-order valence-electron chi connectivity index (χ2n) is 7.28. The third kappa shape index (κ3) is 3.84. The molecule has 1 aromatic heterocycles. The highest BCUT2D eigenvalue weighted by atomic mass is 32.2. The van der Waals surface area contributed by atoms with E-state index in [2.05, 4.69) is 0 Å². The molecule has 0 spiro atoms. The van der Waals surface area contributed by atoms with Crippen LogP contribution in [0.4, 0.5) is 13.2 Å². The Kier molecular flexibility index (Phi) is 5.68. The van der Waals surface area contributed by atoms with E-state index in [9.17, 15) is 21.6 Å². The van der Waals surface area contributed by atoms with Gasteiger partial charge in [-0.05, 0) is 48.0 Å². The van der Waals surface area contributed by atoms with Crippen molar-refractivity contribution in [3.05, 3.63) is 77.6 Å². The van der Waals surface area contributed by atoms with E-state index in [1.54, 1.807) is 24.3 Å². The molecule has 0 amide bonds. The van der Waals surface area contributed by atoms with Gasteiger partial charge in [0, 0.05) is 25.0 Å². The Morgan fingerprint density at radius 1 is 0.938 bits per heavy atom. The normalized spacial score (nSPS) is 17.1. The van der Waals surface area contributed by atoms with Crippen molar-refractivity contribution in [3.8, 4) is 11.5 Å². The van der Waals surface area contributed by atoms with Gasteiger partial charge >= 0.3 is 6.18 Å². The maximum absolute atomic E-state index is 13.6. The molecule has 4 rings (SSSR count). The van der Waals surface area contributed by atoms with Crippen LogP contribution in [0.3, 0.4) is 0 Å². The Morgan fingerprint density at radius 2 is 1.69 bits per heavy atom. The monoisotopic (exact) mass is 466 g/mol. The van der Waals surface area contributed by atoms with Crippen LogP contribution in [0.1, 0.15) is 22.9 Å². The molecule has 2 heterocycles. The maximum atomic E-state index is 13.6. The van der Waals surface area contributed by atoms with Crippen LogP contribution in [0.25, 0.3) is 0 Å². The van der Waals surface area contributed by atoms with Crippen molar-refractivity contribution in [3.63, 3.8) is 0 Å². The molecule has 3 aromatic rings. The van der Waals surface area contributed by atoms with Gasteiger partial charge in [0.15, 0.2) is 11.5 Å². The summed E-state index contributed by atoms with van der Waals surface area (Å²) in [5.74, 6) is 0.903. The van der Waals surface area contributed by atoms with E-state index in [-0.39, 0.29) is 6.54 Å². The highest BCUT2D eigenvalue weighted by molar-refractivity contribution is 7.89. The quantitative estimate of drug-likeness (QED) is 0.562. The number of nitrogens with zero attached hydrogens (tertiary/aromatic N) is 2. The largest absolute Gasteiger partial charge is 0.493 e. The van der Waals surface area contributed by atoms with E-state index in [0.29, 0.717) is 35.4 Å². The molecule has 0 saturated carbocycles.